The Morgan fingerprint density at radius 1 is 1.14 bits per heavy atom. The number of carbonyl (C=O) groups excluding carboxylic acids is 1. The summed E-state index contributed by atoms with van der Waals surface area (Å²) in [7, 11) is 0. The Hall–Kier alpha value is -3.23. The van der Waals surface area contributed by atoms with Gasteiger partial charge in [-0.05, 0) is 30.4 Å². The van der Waals surface area contributed by atoms with Crippen molar-refractivity contribution in [3.05, 3.63) is 68.5 Å². The van der Waals surface area contributed by atoms with Crippen LogP contribution in [0.5, 0.6) is 5.75 Å². The van der Waals surface area contributed by atoms with Crippen LogP contribution >= 0.6 is 0 Å². The maximum absolute atomic E-state index is 11.5. The second-order valence-electron chi connectivity index (χ2n) is 4.26. The molecule has 22 heavy (non-hydrogen) atoms. The van der Waals surface area contributed by atoms with E-state index < -0.39 is 22.0 Å². The minimum Gasteiger partial charge on any atom is -0.395 e. The first-order chi connectivity index (χ1) is 10.5. The monoisotopic (exact) mass is 306 g/mol. The SMILES string of the molecule is O=C(OC1=CCC([N+](=O)[O-])C=C1)Oc1ccc([N+](=O)[O-])cc1. The smallest absolute Gasteiger partial charge is 0.395 e. The molecular formula is C13H10N2O7. The van der Waals surface area contributed by atoms with Crippen molar-refractivity contribution >= 4 is 11.8 Å². The molecule has 9 nitrogen and oxygen atoms in total. The summed E-state index contributed by atoms with van der Waals surface area (Å²) in [6.45, 7) is 0. The van der Waals surface area contributed by atoms with Crippen LogP contribution in [0, 0.1) is 20.2 Å². The summed E-state index contributed by atoms with van der Waals surface area (Å²) in [5.74, 6) is 0.226. The van der Waals surface area contributed by atoms with Crippen molar-refractivity contribution in [1.29, 1.82) is 0 Å². The number of ether oxygens (including phenoxy) is 2. The van der Waals surface area contributed by atoms with Gasteiger partial charge in [0, 0.05) is 23.5 Å². The minimum absolute atomic E-state index is 0.0826. The summed E-state index contributed by atoms with van der Waals surface area (Å²) in [5, 5.41) is 21.0. The highest BCUT2D eigenvalue weighted by atomic mass is 16.7. The lowest BCUT2D eigenvalue weighted by Gasteiger charge is -2.10. The van der Waals surface area contributed by atoms with Gasteiger partial charge in [-0.3, -0.25) is 20.2 Å². The van der Waals surface area contributed by atoms with Crippen LogP contribution in [0.1, 0.15) is 6.42 Å². The van der Waals surface area contributed by atoms with Crippen LogP contribution in [-0.2, 0) is 4.74 Å². The average molecular weight is 306 g/mol. The summed E-state index contributed by atoms with van der Waals surface area (Å²) in [5.41, 5.74) is -0.135. The molecule has 0 saturated heterocycles. The number of hydrogen-bond acceptors (Lipinski definition) is 7. The van der Waals surface area contributed by atoms with Crippen molar-refractivity contribution in [1.82, 2.24) is 0 Å². The maximum atomic E-state index is 11.5. The van der Waals surface area contributed by atoms with Gasteiger partial charge >= 0.3 is 6.16 Å². The molecule has 1 aliphatic rings. The molecule has 1 aromatic rings. The number of rotatable bonds is 4. The first-order valence-corrected chi connectivity index (χ1v) is 6.11. The third-order valence-electron chi connectivity index (χ3n) is 2.76. The van der Waals surface area contributed by atoms with E-state index in [9.17, 15) is 25.0 Å². The largest absolute Gasteiger partial charge is 0.519 e. The van der Waals surface area contributed by atoms with Crippen LogP contribution < -0.4 is 4.74 Å². The molecule has 0 aromatic heterocycles. The van der Waals surface area contributed by atoms with Gasteiger partial charge in [-0.25, -0.2) is 4.79 Å². The summed E-state index contributed by atoms with van der Waals surface area (Å²) in [4.78, 5) is 31.5. The van der Waals surface area contributed by atoms with Gasteiger partial charge in [-0.2, -0.15) is 0 Å². The second kappa shape index (κ2) is 6.48. The molecule has 0 aliphatic heterocycles. The van der Waals surface area contributed by atoms with E-state index in [1.165, 1.54) is 42.5 Å². The zero-order valence-corrected chi connectivity index (χ0v) is 11.1. The van der Waals surface area contributed by atoms with E-state index in [4.69, 9.17) is 9.47 Å². The van der Waals surface area contributed by atoms with E-state index in [1.54, 1.807) is 0 Å². The summed E-state index contributed by atoms with van der Waals surface area (Å²) in [6, 6.07) is 4.05. The Balaban J connectivity index is 1.90. The molecule has 9 heteroatoms. The summed E-state index contributed by atoms with van der Waals surface area (Å²) >= 11 is 0. The van der Waals surface area contributed by atoms with Crippen molar-refractivity contribution in [2.45, 2.75) is 12.5 Å². The van der Waals surface area contributed by atoms with E-state index in [0.717, 1.165) is 0 Å². The number of nitro benzene ring substituents is 1. The Bertz CT molecular complexity index is 663. The quantitative estimate of drug-likeness (QED) is 0.362. The molecule has 0 N–H and O–H groups in total. The Kier molecular flexibility index (Phi) is 4.47. The molecule has 0 spiro atoms. The molecule has 2 rings (SSSR count). The van der Waals surface area contributed by atoms with E-state index in [1.807, 2.05) is 0 Å². The molecule has 0 amide bonds. The predicted octanol–water partition coefficient (Wildman–Crippen LogP) is 2.60. The third-order valence-corrected chi connectivity index (χ3v) is 2.76. The number of benzene rings is 1. The molecule has 1 aromatic carbocycles. The first kappa shape index (κ1) is 15.2. The summed E-state index contributed by atoms with van der Waals surface area (Å²) < 4.78 is 9.69. The van der Waals surface area contributed by atoms with Crippen LogP contribution in [0.25, 0.3) is 0 Å². The lowest BCUT2D eigenvalue weighted by molar-refractivity contribution is -0.508. The fourth-order valence-electron chi connectivity index (χ4n) is 1.67. The average Bonchev–Trinajstić information content (AvgIpc) is 2.48. The maximum Gasteiger partial charge on any atom is 0.519 e. The number of non-ortho nitro benzene ring substituents is 1. The van der Waals surface area contributed by atoms with Crippen molar-refractivity contribution in [3.63, 3.8) is 0 Å². The number of nitro groups is 2. The number of nitrogens with zero attached hydrogens (tertiary/aromatic N) is 2. The van der Waals surface area contributed by atoms with E-state index in [0.29, 0.717) is 0 Å². The molecule has 1 atom stereocenters. The Labute approximate surface area is 123 Å². The fraction of sp³-hybridized carbons (Fsp3) is 0.154. The van der Waals surface area contributed by atoms with E-state index in [-0.39, 0.29) is 23.6 Å². The Morgan fingerprint density at radius 3 is 2.32 bits per heavy atom. The predicted molar refractivity (Wildman–Crippen MR) is 72.8 cm³/mol. The molecule has 0 heterocycles. The molecule has 0 bridgehead atoms. The van der Waals surface area contributed by atoms with Crippen LogP contribution in [0.4, 0.5) is 10.5 Å². The van der Waals surface area contributed by atoms with Gasteiger partial charge in [-0.15, -0.1) is 0 Å². The van der Waals surface area contributed by atoms with Crippen molar-refractivity contribution < 1.29 is 24.1 Å². The zero-order chi connectivity index (χ0) is 16.1. The molecule has 1 unspecified atom stereocenters. The lowest BCUT2D eigenvalue weighted by atomic mass is 10.1. The zero-order valence-electron chi connectivity index (χ0n) is 11.1. The van der Waals surface area contributed by atoms with Gasteiger partial charge in [-0.1, -0.05) is 0 Å². The van der Waals surface area contributed by atoms with Crippen molar-refractivity contribution in [3.8, 4) is 5.75 Å². The lowest BCUT2D eigenvalue weighted by Crippen LogP contribution is -2.19. The highest BCUT2D eigenvalue weighted by Gasteiger charge is 2.20. The second-order valence-corrected chi connectivity index (χ2v) is 4.26. The van der Waals surface area contributed by atoms with Gasteiger partial charge in [0.2, 0.25) is 6.04 Å². The van der Waals surface area contributed by atoms with Crippen LogP contribution in [0.15, 0.2) is 48.3 Å². The molecule has 0 radical (unpaired) electrons. The van der Waals surface area contributed by atoms with Crippen LogP contribution in [0.3, 0.4) is 0 Å². The molecule has 1 aliphatic carbocycles. The number of allylic oxidation sites excluding steroid dienone is 1. The van der Waals surface area contributed by atoms with E-state index in [2.05, 4.69) is 0 Å². The topological polar surface area (TPSA) is 122 Å². The van der Waals surface area contributed by atoms with Gasteiger partial charge < -0.3 is 9.47 Å². The standard InChI is InChI=1S/C13H10N2O7/c16-13(21-11-5-1-9(2-6-11)14(17)18)22-12-7-3-10(4-8-12)15(19)20/h1-3,5-8,10H,4H2. The first-order valence-electron chi connectivity index (χ1n) is 6.11. The molecule has 114 valence electrons. The van der Waals surface area contributed by atoms with Gasteiger partial charge in [0.05, 0.1) is 4.92 Å². The molecular weight excluding hydrogens is 296 g/mol. The van der Waals surface area contributed by atoms with Crippen molar-refractivity contribution in [2.75, 3.05) is 0 Å². The van der Waals surface area contributed by atoms with Gasteiger partial charge in [0.1, 0.15) is 11.5 Å². The normalized spacial score (nSPS) is 16.5. The molecule has 0 fully saturated rings. The highest BCUT2D eigenvalue weighted by Crippen LogP contribution is 2.19. The number of carbonyl (C=O) groups is 1. The number of hydrogen-bond donors (Lipinski definition) is 0. The van der Waals surface area contributed by atoms with Crippen LogP contribution in [-0.4, -0.2) is 22.0 Å². The molecule has 0 saturated carbocycles. The van der Waals surface area contributed by atoms with Gasteiger partial charge in [0.15, 0.2) is 0 Å². The van der Waals surface area contributed by atoms with Crippen molar-refractivity contribution in [2.24, 2.45) is 0 Å². The van der Waals surface area contributed by atoms with E-state index >= 15 is 0 Å². The van der Waals surface area contributed by atoms with Gasteiger partial charge in [0.25, 0.3) is 5.69 Å². The Morgan fingerprint density at radius 2 is 1.82 bits per heavy atom. The summed E-state index contributed by atoms with van der Waals surface area (Å²) in [6.07, 6.45) is 3.11. The highest BCUT2D eigenvalue weighted by molar-refractivity contribution is 5.65. The minimum atomic E-state index is -1.04. The fourth-order valence-corrected chi connectivity index (χ4v) is 1.67. The van der Waals surface area contributed by atoms with Crippen LogP contribution in [0.2, 0.25) is 0 Å². The third kappa shape index (κ3) is 3.88.